The van der Waals surface area contributed by atoms with Gasteiger partial charge in [-0.25, -0.2) is 19.5 Å². The minimum absolute atomic E-state index is 0.104. The van der Waals surface area contributed by atoms with E-state index >= 15 is 0 Å². The van der Waals surface area contributed by atoms with E-state index in [4.69, 9.17) is 0 Å². The first-order chi connectivity index (χ1) is 12.0. The Labute approximate surface area is 140 Å². The molecule has 25 heavy (non-hydrogen) atoms. The van der Waals surface area contributed by atoms with Gasteiger partial charge >= 0.3 is 6.18 Å². The number of aromatic nitrogens is 5. The van der Waals surface area contributed by atoms with Gasteiger partial charge in [-0.1, -0.05) is 0 Å². The Hall–Kier alpha value is -2.91. The zero-order chi connectivity index (χ0) is 17.4. The van der Waals surface area contributed by atoms with E-state index in [-0.39, 0.29) is 5.95 Å². The van der Waals surface area contributed by atoms with Gasteiger partial charge in [0.05, 0.1) is 0 Å². The summed E-state index contributed by atoms with van der Waals surface area (Å²) in [6, 6.07) is 4.65. The molecule has 10 heteroatoms. The zero-order valence-corrected chi connectivity index (χ0v) is 13.1. The van der Waals surface area contributed by atoms with Crippen LogP contribution in [0.4, 0.5) is 24.9 Å². The van der Waals surface area contributed by atoms with Crippen LogP contribution in [0.1, 0.15) is 5.69 Å². The van der Waals surface area contributed by atoms with Crippen LogP contribution in [0.15, 0.2) is 36.8 Å². The largest absolute Gasteiger partial charge is 0.433 e. The van der Waals surface area contributed by atoms with Gasteiger partial charge in [-0.05, 0) is 18.2 Å². The van der Waals surface area contributed by atoms with Crippen molar-refractivity contribution in [3.8, 4) is 0 Å². The van der Waals surface area contributed by atoms with Crippen molar-refractivity contribution >= 4 is 17.4 Å². The Bertz CT molecular complexity index is 884. The smallest absolute Gasteiger partial charge is 0.352 e. The monoisotopic (exact) mass is 349 g/mol. The van der Waals surface area contributed by atoms with Crippen molar-refractivity contribution in [2.24, 2.45) is 0 Å². The third-order valence-corrected chi connectivity index (χ3v) is 4.06. The van der Waals surface area contributed by atoms with Gasteiger partial charge in [0, 0.05) is 44.8 Å². The number of hydrogen-bond donors (Lipinski definition) is 0. The van der Waals surface area contributed by atoms with Crippen LogP contribution in [0.3, 0.4) is 0 Å². The molecule has 1 aliphatic rings. The maximum Gasteiger partial charge on any atom is 0.433 e. The Morgan fingerprint density at radius 2 is 1.64 bits per heavy atom. The number of fused-ring (bicyclic) bond motifs is 1. The second-order valence-corrected chi connectivity index (χ2v) is 5.64. The molecule has 0 atom stereocenters. The van der Waals surface area contributed by atoms with Gasteiger partial charge in [-0.15, -0.1) is 5.10 Å². The summed E-state index contributed by atoms with van der Waals surface area (Å²) in [6.07, 6.45) is 0.121. The van der Waals surface area contributed by atoms with Crippen molar-refractivity contribution < 1.29 is 13.2 Å². The highest BCUT2D eigenvalue weighted by atomic mass is 19.4. The second-order valence-electron chi connectivity index (χ2n) is 5.64. The van der Waals surface area contributed by atoms with E-state index in [1.54, 1.807) is 21.8 Å². The van der Waals surface area contributed by atoms with Crippen molar-refractivity contribution in [2.45, 2.75) is 6.18 Å². The molecule has 1 saturated heterocycles. The standard InChI is InChI=1S/C15H14F3N7/c16-15(17,18)11-3-4-20-14(21-11)24-9-7-23(8-10-24)13-2-1-12-19-5-6-25(12)22-13/h1-6H,7-10H2. The summed E-state index contributed by atoms with van der Waals surface area (Å²) in [5.41, 5.74) is -0.160. The fourth-order valence-corrected chi connectivity index (χ4v) is 2.77. The predicted octanol–water partition coefficient (Wildman–Crippen LogP) is 1.86. The van der Waals surface area contributed by atoms with E-state index in [0.717, 1.165) is 23.7 Å². The average Bonchev–Trinajstić information content (AvgIpc) is 3.09. The number of halogens is 3. The van der Waals surface area contributed by atoms with Gasteiger partial charge in [0.1, 0.15) is 11.5 Å². The molecule has 0 bridgehead atoms. The summed E-state index contributed by atoms with van der Waals surface area (Å²) < 4.78 is 40.1. The van der Waals surface area contributed by atoms with E-state index < -0.39 is 11.9 Å². The molecule has 3 aromatic heterocycles. The Morgan fingerprint density at radius 1 is 0.880 bits per heavy atom. The van der Waals surface area contributed by atoms with Gasteiger partial charge in [0.15, 0.2) is 5.65 Å². The second kappa shape index (κ2) is 5.87. The number of alkyl halides is 3. The maximum absolute atomic E-state index is 12.8. The van der Waals surface area contributed by atoms with Gasteiger partial charge in [-0.2, -0.15) is 13.2 Å². The SMILES string of the molecule is FC(F)(F)c1ccnc(N2CCN(c3ccc4nccn4n3)CC2)n1. The first-order valence-corrected chi connectivity index (χ1v) is 7.71. The number of hydrogen-bond acceptors (Lipinski definition) is 6. The molecule has 0 N–H and O–H groups in total. The van der Waals surface area contributed by atoms with Crippen molar-refractivity contribution in [3.05, 3.63) is 42.5 Å². The Kier molecular flexibility index (Phi) is 3.66. The van der Waals surface area contributed by atoms with Gasteiger partial charge < -0.3 is 9.80 Å². The molecule has 4 rings (SSSR count). The summed E-state index contributed by atoms with van der Waals surface area (Å²) in [5, 5.41) is 4.48. The van der Waals surface area contributed by atoms with Crippen LogP contribution in [0, 0.1) is 0 Å². The molecule has 4 heterocycles. The van der Waals surface area contributed by atoms with Crippen molar-refractivity contribution in [1.29, 1.82) is 0 Å². The van der Waals surface area contributed by atoms with Crippen molar-refractivity contribution in [2.75, 3.05) is 36.0 Å². The molecule has 3 aromatic rings. The van der Waals surface area contributed by atoms with Gasteiger partial charge in [-0.3, -0.25) is 0 Å². The predicted molar refractivity (Wildman–Crippen MR) is 84.4 cm³/mol. The molecular weight excluding hydrogens is 335 g/mol. The van der Waals surface area contributed by atoms with Gasteiger partial charge in [0.2, 0.25) is 5.95 Å². The van der Waals surface area contributed by atoms with E-state index in [9.17, 15) is 13.2 Å². The lowest BCUT2D eigenvalue weighted by atomic mass is 10.3. The molecule has 0 radical (unpaired) electrons. The molecule has 0 saturated carbocycles. The fourth-order valence-electron chi connectivity index (χ4n) is 2.77. The lowest BCUT2D eigenvalue weighted by Crippen LogP contribution is -2.47. The fraction of sp³-hybridized carbons (Fsp3) is 0.333. The molecular formula is C15H14F3N7. The number of anilines is 2. The van der Waals surface area contributed by atoms with E-state index in [0.29, 0.717) is 26.2 Å². The summed E-state index contributed by atoms with van der Waals surface area (Å²) in [4.78, 5) is 15.6. The van der Waals surface area contributed by atoms with E-state index in [2.05, 4.69) is 25.0 Å². The molecule has 0 unspecified atom stereocenters. The lowest BCUT2D eigenvalue weighted by molar-refractivity contribution is -0.141. The third kappa shape index (κ3) is 3.06. The van der Waals surface area contributed by atoms with Crippen molar-refractivity contribution in [3.63, 3.8) is 0 Å². The maximum atomic E-state index is 12.8. The molecule has 1 fully saturated rings. The lowest BCUT2D eigenvalue weighted by Gasteiger charge is -2.35. The summed E-state index contributed by atoms with van der Waals surface area (Å²) >= 11 is 0. The summed E-state index contributed by atoms with van der Waals surface area (Å²) in [7, 11) is 0. The Balaban J connectivity index is 1.48. The first-order valence-electron chi connectivity index (χ1n) is 7.71. The molecule has 7 nitrogen and oxygen atoms in total. The Morgan fingerprint density at radius 3 is 2.40 bits per heavy atom. The first kappa shape index (κ1) is 15.6. The quantitative estimate of drug-likeness (QED) is 0.704. The minimum Gasteiger partial charge on any atom is -0.352 e. The van der Waals surface area contributed by atoms with E-state index in [1.165, 1.54) is 0 Å². The highest BCUT2D eigenvalue weighted by molar-refractivity contribution is 5.47. The van der Waals surface area contributed by atoms with E-state index in [1.807, 2.05) is 12.1 Å². The molecule has 0 aliphatic carbocycles. The third-order valence-electron chi connectivity index (χ3n) is 4.06. The molecule has 130 valence electrons. The summed E-state index contributed by atoms with van der Waals surface area (Å²) in [6.45, 7) is 2.27. The number of piperazine rings is 1. The normalized spacial score (nSPS) is 15.8. The van der Waals surface area contributed by atoms with Crippen LogP contribution in [-0.2, 0) is 6.18 Å². The van der Waals surface area contributed by atoms with Crippen LogP contribution in [0.25, 0.3) is 5.65 Å². The molecule has 0 amide bonds. The number of rotatable bonds is 2. The van der Waals surface area contributed by atoms with Gasteiger partial charge in [0.25, 0.3) is 0 Å². The molecule has 0 spiro atoms. The zero-order valence-electron chi connectivity index (χ0n) is 13.1. The highest BCUT2D eigenvalue weighted by Gasteiger charge is 2.33. The average molecular weight is 349 g/mol. The van der Waals surface area contributed by atoms with Crippen LogP contribution in [0.2, 0.25) is 0 Å². The highest BCUT2D eigenvalue weighted by Crippen LogP contribution is 2.28. The molecule has 0 aromatic carbocycles. The minimum atomic E-state index is -4.47. The molecule has 1 aliphatic heterocycles. The topological polar surface area (TPSA) is 62.5 Å². The summed E-state index contributed by atoms with van der Waals surface area (Å²) in [5.74, 6) is 0.905. The van der Waals surface area contributed by atoms with Crippen molar-refractivity contribution in [1.82, 2.24) is 24.6 Å². The van der Waals surface area contributed by atoms with Crippen LogP contribution >= 0.6 is 0 Å². The number of nitrogens with zero attached hydrogens (tertiary/aromatic N) is 7. The van der Waals surface area contributed by atoms with Crippen LogP contribution in [-0.4, -0.2) is 50.7 Å². The number of imidazole rings is 1. The van der Waals surface area contributed by atoms with Crippen LogP contribution < -0.4 is 9.80 Å². The van der Waals surface area contributed by atoms with Crippen LogP contribution in [0.5, 0.6) is 0 Å².